The molecule has 0 radical (unpaired) electrons. The maximum Gasteiger partial charge on any atom is 0.242 e. The summed E-state index contributed by atoms with van der Waals surface area (Å²) in [5.74, 6) is -0.308. The minimum absolute atomic E-state index is 0.00593. The summed E-state index contributed by atoms with van der Waals surface area (Å²) in [5, 5.41) is 2.58. The molecule has 0 aliphatic carbocycles. The van der Waals surface area contributed by atoms with E-state index >= 15 is 0 Å². The predicted octanol–water partition coefficient (Wildman–Crippen LogP) is -0.667. The second kappa shape index (κ2) is 6.70. The molecule has 18 heavy (non-hydrogen) atoms. The van der Waals surface area contributed by atoms with Crippen molar-refractivity contribution >= 4 is 11.8 Å². The van der Waals surface area contributed by atoms with E-state index in [-0.39, 0.29) is 30.4 Å². The highest BCUT2D eigenvalue weighted by molar-refractivity contribution is 5.87. The quantitative estimate of drug-likeness (QED) is 0.700. The van der Waals surface area contributed by atoms with Crippen molar-refractivity contribution in [3.8, 4) is 0 Å². The number of amides is 2. The molecule has 2 amide bonds. The molecular formula is C12H23N3O3. The van der Waals surface area contributed by atoms with E-state index in [1.165, 1.54) is 0 Å². The SMILES string of the molecule is CC1CN(C(=O)CNC(=O)[C@@H](N)C(C)C)CCO1. The lowest BCUT2D eigenvalue weighted by molar-refractivity contribution is -0.139. The third kappa shape index (κ3) is 4.27. The van der Waals surface area contributed by atoms with Gasteiger partial charge >= 0.3 is 0 Å². The first kappa shape index (κ1) is 14.9. The number of nitrogens with one attached hydrogen (secondary N) is 1. The van der Waals surface area contributed by atoms with Crippen molar-refractivity contribution in [1.29, 1.82) is 0 Å². The van der Waals surface area contributed by atoms with Gasteiger partial charge in [-0.1, -0.05) is 13.8 Å². The van der Waals surface area contributed by atoms with Crippen LogP contribution in [0.15, 0.2) is 0 Å². The Balaban J connectivity index is 2.34. The Kier molecular flexibility index (Phi) is 5.55. The summed E-state index contributed by atoms with van der Waals surface area (Å²) in [4.78, 5) is 25.2. The van der Waals surface area contributed by atoms with Crippen LogP contribution in [0.3, 0.4) is 0 Å². The van der Waals surface area contributed by atoms with E-state index in [1.807, 2.05) is 20.8 Å². The Morgan fingerprint density at radius 1 is 1.50 bits per heavy atom. The molecular weight excluding hydrogens is 234 g/mol. The smallest absolute Gasteiger partial charge is 0.242 e. The van der Waals surface area contributed by atoms with Crippen molar-refractivity contribution in [1.82, 2.24) is 10.2 Å². The van der Waals surface area contributed by atoms with Crippen LogP contribution in [-0.4, -0.2) is 55.1 Å². The molecule has 6 nitrogen and oxygen atoms in total. The van der Waals surface area contributed by atoms with Gasteiger partial charge in [0.15, 0.2) is 0 Å². The Morgan fingerprint density at radius 2 is 2.17 bits per heavy atom. The van der Waals surface area contributed by atoms with Crippen LogP contribution in [0.4, 0.5) is 0 Å². The van der Waals surface area contributed by atoms with E-state index in [1.54, 1.807) is 4.90 Å². The van der Waals surface area contributed by atoms with Gasteiger partial charge in [-0.05, 0) is 12.8 Å². The molecule has 6 heteroatoms. The monoisotopic (exact) mass is 257 g/mol. The summed E-state index contributed by atoms with van der Waals surface area (Å²) in [6.45, 7) is 7.37. The van der Waals surface area contributed by atoms with E-state index in [0.717, 1.165) is 0 Å². The van der Waals surface area contributed by atoms with E-state index < -0.39 is 6.04 Å². The van der Waals surface area contributed by atoms with Crippen LogP contribution in [0.25, 0.3) is 0 Å². The zero-order valence-electron chi connectivity index (χ0n) is 11.3. The third-order valence-electron chi connectivity index (χ3n) is 3.03. The summed E-state index contributed by atoms with van der Waals surface area (Å²) in [5.41, 5.74) is 5.69. The lowest BCUT2D eigenvalue weighted by Crippen LogP contribution is -2.51. The molecule has 1 aliphatic heterocycles. The van der Waals surface area contributed by atoms with Crippen LogP contribution in [0.5, 0.6) is 0 Å². The van der Waals surface area contributed by atoms with Crippen molar-refractivity contribution in [2.24, 2.45) is 11.7 Å². The highest BCUT2D eigenvalue weighted by Crippen LogP contribution is 2.04. The predicted molar refractivity (Wildman–Crippen MR) is 67.8 cm³/mol. The number of carbonyl (C=O) groups excluding carboxylic acids is 2. The van der Waals surface area contributed by atoms with Crippen LogP contribution in [0.2, 0.25) is 0 Å². The minimum Gasteiger partial charge on any atom is -0.375 e. The summed E-state index contributed by atoms with van der Waals surface area (Å²) in [7, 11) is 0. The zero-order chi connectivity index (χ0) is 13.7. The fraction of sp³-hybridized carbons (Fsp3) is 0.833. The first-order chi connectivity index (χ1) is 8.41. The number of morpholine rings is 1. The Hall–Kier alpha value is -1.14. The van der Waals surface area contributed by atoms with E-state index in [0.29, 0.717) is 19.7 Å². The van der Waals surface area contributed by atoms with Gasteiger partial charge in [0.1, 0.15) is 0 Å². The van der Waals surface area contributed by atoms with Crippen molar-refractivity contribution in [3.63, 3.8) is 0 Å². The standard InChI is InChI=1S/C12H23N3O3/c1-8(2)11(13)12(17)14-6-10(16)15-4-5-18-9(3)7-15/h8-9,11H,4-7,13H2,1-3H3,(H,14,17)/t9?,11-/m0/s1. The molecule has 0 aromatic heterocycles. The van der Waals surface area contributed by atoms with Gasteiger partial charge in [0, 0.05) is 13.1 Å². The lowest BCUT2D eigenvalue weighted by atomic mass is 10.1. The number of ether oxygens (including phenoxy) is 1. The lowest BCUT2D eigenvalue weighted by Gasteiger charge is -2.31. The number of carbonyl (C=O) groups is 2. The van der Waals surface area contributed by atoms with E-state index in [4.69, 9.17) is 10.5 Å². The van der Waals surface area contributed by atoms with Crippen LogP contribution >= 0.6 is 0 Å². The molecule has 1 fully saturated rings. The molecule has 0 aromatic rings. The maximum absolute atomic E-state index is 11.9. The fourth-order valence-electron chi connectivity index (χ4n) is 1.74. The number of nitrogens with zero attached hydrogens (tertiary/aromatic N) is 1. The zero-order valence-corrected chi connectivity index (χ0v) is 11.3. The average molecular weight is 257 g/mol. The van der Waals surface area contributed by atoms with Gasteiger partial charge in [-0.2, -0.15) is 0 Å². The Bertz CT molecular complexity index is 307. The summed E-state index contributed by atoms with van der Waals surface area (Å²) < 4.78 is 5.35. The first-order valence-electron chi connectivity index (χ1n) is 6.34. The van der Waals surface area contributed by atoms with Gasteiger partial charge in [-0.3, -0.25) is 9.59 Å². The molecule has 0 aromatic carbocycles. The first-order valence-corrected chi connectivity index (χ1v) is 6.34. The molecule has 1 unspecified atom stereocenters. The third-order valence-corrected chi connectivity index (χ3v) is 3.03. The van der Waals surface area contributed by atoms with Crippen LogP contribution in [-0.2, 0) is 14.3 Å². The molecule has 1 aliphatic rings. The normalized spacial score (nSPS) is 21.8. The number of hydrogen-bond donors (Lipinski definition) is 2. The average Bonchev–Trinajstić information content (AvgIpc) is 2.34. The second-order valence-corrected chi connectivity index (χ2v) is 5.01. The molecule has 1 saturated heterocycles. The van der Waals surface area contributed by atoms with Gasteiger partial charge in [0.2, 0.25) is 11.8 Å². The Labute approximate surface area is 108 Å². The molecule has 2 atom stereocenters. The van der Waals surface area contributed by atoms with E-state index in [2.05, 4.69) is 5.32 Å². The molecule has 0 spiro atoms. The molecule has 0 saturated carbocycles. The topological polar surface area (TPSA) is 84.7 Å². The highest BCUT2D eigenvalue weighted by Gasteiger charge is 2.23. The fourth-order valence-corrected chi connectivity index (χ4v) is 1.74. The minimum atomic E-state index is -0.568. The van der Waals surface area contributed by atoms with Gasteiger partial charge in [0.25, 0.3) is 0 Å². The van der Waals surface area contributed by atoms with Crippen LogP contribution in [0, 0.1) is 5.92 Å². The number of rotatable bonds is 4. The molecule has 1 heterocycles. The second-order valence-electron chi connectivity index (χ2n) is 5.01. The largest absolute Gasteiger partial charge is 0.375 e. The van der Waals surface area contributed by atoms with E-state index in [9.17, 15) is 9.59 Å². The van der Waals surface area contributed by atoms with Gasteiger partial charge in [-0.25, -0.2) is 0 Å². The van der Waals surface area contributed by atoms with Crippen molar-refractivity contribution in [2.75, 3.05) is 26.2 Å². The summed E-state index contributed by atoms with van der Waals surface area (Å²) in [6, 6.07) is -0.568. The van der Waals surface area contributed by atoms with Crippen LogP contribution < -0.4 is 11.1 Å². The van der Waals surface area contributed by atoms with Crippen molar-refractivity contribution in [2.45, 2.75) is 32.9 Å². The molecule has 104 valence electrons. The number of hydrogen-bond acceptors (Lipinski definition) is 4. The van der Waals surface area contributed by atoms with Crippen LogP contribution in [0.1, 0.15) is 20.8 Å². The van der Waals surface area contributed by atoms with Crippen molar-refractivity contribution in [3.05, 3.63) is 0 Å². The highest BCUT2D eigenvalue weighted by atomic mass is 16.5. The Morgan fingerprint density at radius 3 is 2.72 bits per heavy atom. The van der Waals surface area contributed by atoms with Gasteiger partial charge in [-0.15, -0.1) is 0 Å². The molecule has 1 rings (SSSR count). The maximum atomic E-state index is 11.9. The molecule has 3 N–H and O–H groups in total. The summed E-state index contributed by atoms with van der Waals surface area (Å²) in [6.07, 6.45) is 0.0522. The van der Waals surface area contributed by atoms with Crippen molar-refractivity contribution < 1.29 is 14.3 Å². The molecule has 0 bridgehead atoms. The summed E-state index contributed by atoms with van der Waals surface area (Å²) >= 11 is 0. The number of nitrogens with two attached hydrogens (primary N) is 1. The van der Waals surface area contributed by atoms with Gasteiger partial charge in [0.05, 0.1) is 25.3 Å². The van der Waals surface area contributed by atoms with Gasteiger partial charge < -0.3 is 20.7 Å².